The summed E-state index contributed by atoms with van der Waals surface area (Å²) in [6.07, 6.45) is 0. The molecule has 0 saturated heterocycles. The Labute approximate surface area is 152 Å². The van der Waals surface area contributed by atoms with Gasteiger partial charge in [0.25, 0.3) is 0 Å². The lowest BCUT2D eigenvalue weighted by molar-refractivity contribution is -0.130. The average Bonchev–Trinajstić information content (AvgIpc) is 2.58. The van der Waals surface area contributed by atoms with Crippen molar-refractivity contribution in [3.05, 3.63) is 54.1 Å². The van der Waals surface area contributed by atoms with Gasteiger partial charge in [0.2, 0.25) is 0 Å². The van der Waals surface area contributed by atoms with E-state index in [1.807, 2.05) is 0 Å². The van der Waals surface area contributed by atoms with E-state index in [2.05, 4.69) is 11.3 Å². The standard InChI is InChI=1S/C17H14F2O7S/c1-10(2)15(20)26-13-8-7-11-5-3-4-6-12(11)14(13)16(21)25-9-17(18,19)27(22,23)24/h3-8H,1,9H2,2H3,(H,22,23,24)/p-1. The Kier molecular flexibility index (Phi) is 5.62. The Morgan fingerprint density at radius 3 is 2.41 bits per heavy atom. The lowest BCUT2D eigenvalue weighted by Gasteiger charge is -2.20. The van der Waals surface area contributed by atoms with Crippen LogP contribution in [0.1, 0.15) is 17.3 Å². The average molecular weight is 399 g/mol. The SMILES string of the molecule is C=C(C)C(=O)Oc1ccc2ccccc2c1C(=O)OCC(F)(F)S(=O)(=O)[O-]. The zero-order chi connectivity index (χ0) is 20.4. The second-order valence-electron chi connectivity index (χ2n) is 5.50. The smallest absolute Gasteiger partial charge is 0.367 e. The zero-order valence-corrected chi connectivity index (χ0v) is 14.7. The molecule has 0 aromatic heterocycles. The van der Waals surface area contributed by atoms with Gasteiger partial charge in [0.15, 0.2) is 16.7 Å². The summed E-state index contributed by atoms with van der Waals surface area (Å²) in [5.41, 5.74) is -0.353. The van der Waals surface area contributed by atoms with E-state index in [-0.39, 0.29) is 22.3 Å². The third kappa shape index (κ3) is 4.47. The summed E-state index contributed by atoms with van der Waals surface area (Å²) in [5, 5.41) is -4.09. The number of rotatable bonds is 6. The summed E-state index contributed by atoms with van der Waals surface area (Å²) in [6.45, 7) is 2.78. The van der Waals surface area contributed by atoms with Crippen LogP contribution in [0.25, 0.3) is 10.8 Å². The van der Waals surface area contributed by atoms with Gasteiger partial charge in [-0.25, -0.2) is 18.0 Å². The number of carbonyl (C=O) groups excluding carboxylic acids is 2. The second kappa shape index (κ2) is 7.41. The molecule has 0 N–H and O–H groups in total. The van der Waals surface area contributed by atoms with Crippen LogP contribution >= 0.6 is 0 Å². The molecule has 0 saturated carbocycles. The van der Waals surface area contributed by atoms with Gasteiger partial charge in [0.05, 0.1) is 0 Å². The van der Waals surface area contributed by atoms with E-state index in [0.717, 1.165) is 0 Å². The topological polar surface area (TPSA) is 110 Å². The van der Waals surface area contributed by atoms with Crippen LogP contribution in [0.3, 0.4) is 0 Å². The number of esters is 2. The molecule has 0 amide bonds. The Balaban J connectivity index is 2.46. The zero-order valence-electron chi connectivity index (χ0n) is 13.9. The van der Waals surface area contributed by atoms with E-state index in [0.29, 0.717) is 5.39 Å². The van der Waals surface area contributed by atoms with Crippen LogP contribution in [0.4, 0.5) is 8.78 Å². The van der Waals surface area contributed by atoms with Crippen LogP contribution in [0.5, 0.6) is 5.75 Å². The van der Waals surface area contributed by atoms with Crippen molar-refractivity contribution in [1.82, 2.24) is 0 Å². The minimum atomic E-state index is -6.02. The first kappa shape index (κ1) is 20.5. The van der Waals surface area contributed by atoms with Gasteiger partial charge >= 0.3 is 17.2 Å². The molecule has 0 spiro atoms. The van der Waals surface area contributed by atoms with Crippen LogP contribution in [0.2, 0.25) is 0 Å². The monoisotopic (exact) mass is 399 g/mol. The molecule has 0 atom stereocenters. The van der Waals surface area contributed by atoms with Crippen LogP contribution in [0, 0.1) is 0 Å². The van der Waals surface area contributed by atoms with Gasteiger partial charge in [-0.05, 0) is 23.8 Å². The summed E-state index contributed by atoms with van der Waals surface area (Å²) in [6, 6.07) is 9.02. The molecule has 7 nitrogen and oxygen atoms in total. The molecular formula is C17H13F2O7S-. The molecule has 27 heavy (non-hydrogen) atoms. The Morgan fingerprint density at radius 2 is 1.81 bits per heavy atom. The Bertz CT molecular complexity index is 1030. The summed E-state index contributed by atoms with van der Waals surface area (Å²) < 4.78 is 67.5. The summed E-state index contributed by atoms with van der Waals surface area (Å²) >= 11 is 0. The maximum atomic E-state index is 13.3. The molecule has 0 unspecified atom stereocenters. The number of carbonyl (C=O) groups is 2. The second-order valence-corrected chi connectivity index (χ2v) is 7.00. The fraction of sp³-hybridized carbons (Fsp3) is 0.176. The minimum absolute atomic E-state index is 0.0199. The number of fused-ring (bicyclic) bond motifs is 1. The lowest BCUT2D eigenvalue weighted by Crippen LogP contribution is -2.34. The Hall–Kier alpha value is -2.85. The van der Waals surface area contributed by atoms with E-state index < -0.39 is 33.9 Å². The van der Waals surface area contributed by atoms with Crippen molar-refractivity contribution in [2.45, 2.75) is 12.2 Å². The molecule has 144 valence electrons. The fourth-order valence-electron chi connectivity index (χ4n) is 2.03. The summed E-state index contributed by atoms with van der Waals surface area (Å²) in [4.78, 5) is 24.1. The highest BCUT2D eigenvalue weighted by atomic mass is 32.2. The number of alkyl halides is 2. The first-order chi connectivity index (χ1) is 12.4. The van der Waals surface area contributed by atoms with Crippen LogP contribution in [-0.2, 0) is 19.6 Å². The van der Waals surface area contributed by atoms with Gasteiger partial charge in [-0.2, -0.15) is 8.78 Å². The van der Waals surface area contributed by atoms with E-state index in [1.54, 1.807) is 18.2 Å². The number of hydrogen-bond acceptors (Lipinski definition) is 7. The van der Waals surface area contributed by atoms with Crippen LogP contribution < -0.4 is 4.74 Å². The molecule has 0 aliphatic carbocycles. The lowest BCUT2D eigenvalue weighted by atomic mass is 10.0. The van der Waals surface area contributed by atoms with Gasteiger partial charge in [-0.15, -0.1) is 0 Å². The summed E-state index contributed by atoms with van der Waals surface area (Å²) in [7, 11) is -6.02. The number of hydrogen-bond donors (Lipinski definition) is 0. The van der Waals surface area contributed by atoms with Crippen molar-refractivity contribution in [2.24, 2.45) is 0 Å². The number of halogens is 2. The predicted octanol–water partition coefficient (Wildman–Crippen LogP) is 2.62. The van der Waals surface area contributed by atoms with Crippen LogP contribution in [0.15, 0.2) is 48.6 Å². The molecule has 0 bridgehead atoms. The molecule has 0 heterocycles. The van der Waals surface area contributed by atoms with Gasteiger partial charge in [0.1, 0.15) is 11.3 Å². The first-order valence-corrected chi connectivity index (χ1v) is 8.74. The molecule has 10 heteroatoms. The molecule has 2 aromatic carbocycles. The maximum absolute atomic E-state index is 13.3. The van der Waals surface area contributed by atoms with E-state index in [1.165, 1.54) is 25.1 Å². The molecule has 0 aliphatic heterocycles. The van der Waals surface area contributed by atoms with Crippen LogP contribution in [-0.4, -0.2) is 36.8 Å². The quantitative estimate of drug-likeness (QED) is 0.318. The van der Waals surface area contributed by atoms with E-state index in [4.69, 9.17) is 4.74 Å². The predicted molar refractivity (Wildman–Crippen MR) is 89.3 cm³/mol. The van der Waals surface area contributed by atoms with Crippen molar-refractivity contribution in [3.63, 3.8) is 0 Å². The normalized spacial score (nSPS) is 11.9. The fourth-order valence-corrected chi connectivity index (χ4v) is 2.23. The van der Waals surface area contributed by atoms with Crippen molar-refractivity contribution < 1.29 is 40.8 Å². The maximum Gasteiger partial charge on any atom is 0.367 e. The highest BCUT2D eigenvalue weighted by Crippen LogP contribution is 2.30. The molecule has 2 rings (SSSR count). The first-order valence-electron chi connectivity index (χ1n) is 7.34. The molecular weight excluding hydrogens is 386 g/mol. The van der Waals surface area contributed by atoms with E-state index in [9.17, 15) is 31.3 Å². The highest BCUT2D eigenvalue weighted by molar-refractivity contribution is 7.86. The Morgan fingerprint density at radius 1 is 1.19 bits per heavy atom. The number of ether oxygens (including phenoxy) is 2. The van der Waals surface area contributed by atoms with Crippen molar-refractivity contribution in [2.75, 3.05) is 6.61 Å². The van der Waals surface area contributed by atoms with Gasteiger partial charge in [-0.1, -0.05) is 36.9 Å². The third-order valence-corrected chi connectivity index (χ3v) is 4.23. The summed E-state index contributed by atoms with van der Waals surface area (Å²) in [5.74, 6) is -2.55. The molecule has 0 fully saturated rings. The van der Waals surface area contributed by atoms with Gasteiger partial charge in [-0.3, -0.25) is 0 Å². The number of benzene rings is 2. The molecule has 0 aliphatic rings. The van der Waals surface area contributed by atoms with Crippen molar-refractivity contribution in [1.29, 1.82) is 0 Å². The largest absolute Gasteiger partial charge is 0.743 e. The van der Waals surface area contributed by atoms with Gasteiger partial charge in [0, 0.05) is 5.57 Å². The van der Waals surface area contributed by atoms with Crippen molar-refractivity contribution >= 4 is 32.8 Å². The highest BCUT2D eigenvalue weighted by Gasteiger charge is 2.39. The third-order valence-electron chi connectivity index (χ3n) is 3.38. The minimum Gasteiger partial charge on any atom is -0.743 e. The van der Waals surface area contributed by atoms with Gasteiger partial charge < -0.3 is 14.0 Å². The molecule has 2 aromatic rings. The van der Waals surface area contributed by atoms with Crippen molar-refractivity contribution in [3.8, 4) is 5.75 Å². The van der Waals surface area contributed by atoms with E-state index >= 15 is 0 Å². The molecule has 0 radical (unpaired) electrons.